The molecule has 2 rings (SSSR count). The van der Waals surface area contributed by atoms with E-state index in [1.807, 2.05) is 6.92 Å². The molecule has 2 unspecified atom stereocenters. The monoisotopic (exact) mass is 551 g/mol. The summed E-state index contributed by atoms with van der Waals surface area (Å²) in [7, 11) is -3.13. The topological polar surface area (TPSA) is 77.0 Å². The van der Waals surface area contributed by atoms with E-state index in [2.05, 4.69) is 64.7 Å². The number of rotatable bonds is 10. The second-order valence-electron chi connectivity index (χ2n) is 7.71. The first-order valence-electron chi connectivity index (χ1n) is 10.6. The van der Waals surface area contributed by atoms with Crippen molar-refractivity contribution in [1.82, 2.24) is 19.8 Å². The van der Waals surface area contributed by atoms with E-state index in [-0.39, 0.29) is 24.0 Å². The molecule has 1 saturated heterocycles. The summed E-state index contributed by atoms with van der Waals surface area (Å²) in [6, 6.07) is 11.5. The lowest BCUT2D eigenvalue weighted by Crippen LogP contribution is -2.44. The first-order chi connectivity index (χ1) is 13.8. The van der Waals surface area contributed by atoms with Crippen molar-refractivity contribution in [3.63, 3.8) is 0 Å². The molecule has 0 amide bonds. The van der Waals surface area contributed by atoms with Gasteiger partial charge in [0.1, 0.15) is 0 Å². The molecule has 0 bridgehead atoms. The zero-order valence-electron chi connectivity index (χ0n) is 18.7. The lowest BCUT2D eigenvalue weighted by molar-refractivity contribution is 0.258. The number of hydrogen-bond donors (Lipinski definition) is 2. The molecule has 9 heteroatoms. The normalized spacial score (nSPS) is 20.2. The molecule has 0 aliphatic carbocycles. The van der Waals surface area contributed by atoms with Crippen molar-refractivity contribution in [3.05, 3.63) is 35.9 Å². The van der Waals surface area contributed by atoms with Gasteiger partial charge in [-0.1, -0.05) is 37.3 Å². The van der Waals surface area contributed by atoms with Crippen LogP contribution in [-0.2, 0) is 16.6 Å². The van der Waals surface area contributed by atoms with Gasteiger partial charge in [-0.3, -0.25) is 9.89 Å². The minimum absolute atomic E-state index is 0. The number of nitrogens with zero attached hydrogens (tertiary/aromatic N) is 3. The SMILES string of the molecule is CCNC(=NCCCN(CC)S(C)(=O)=O)NC1CC(C)N(Cc2ccccc2)C1.I. The van der Waals surface area contributed by atoms with Crippen molar-refractivity contribution >= 4 is 40.0 Å². The van der Waals surface area contributed by atoms with Gasteiger partial charge in [-0.2, -0.15) is 0 Å². The average molecular weight is 552 g/mol. The Labute approximate surface area is 199 Å². The summed E-state index contributed by atoms with van der Waals surface area (Å²) in [6.45, 7) is 10.5. The number of aliphatic imine (C=N–C) groups is 1. The van der Waals surface area contributed by atoms with Crippen molar-refractivity contribution in [2.45, 2.75) is 52.2 Å². The summed E-state index contributed by atoms with van der Waals surface area (Å²) in [6.07, 6.45) is 3.04. The Hall–Kier alpha value is -0.910. The molecule has 0 spiro atoms. The van der Waals surface area contributed by atoms with Crippen LogP contribution >= 0.6 is 24.0 Å². The van der Waals surface area contributed by atoms with E-state index in [0.29, 0.717) is 38.1 Å². The Morgan fingerprint density at radius 1 is 1.27 bits per heavy atom. The molecule has 0 radical (unpaired) electrons. The molecule has 1 heterocycles. The van der Waals surface area contributed by atoms with Crippen LogP contribution in [0.3, 0.4) is 0 Å². The van der Waals surface area contributed by atoms with Gasteiger partial charge in [0, 0.05) is 51.4 Å². The van der Waals surface area contributed by atoms with Crippen molar-refractivity contribution in [1.29, 1.82) is 0 Å². The van der Waals surface area contributed by atoms with Gasteiger partial charge in [0.15, 0.2) is 5.96 Å². The maximum atomic E-state index is 11.7. The van der Waals surface area contributed by atoms with Crippen LogP contribution in [0, 0.1) is 0 Å². The lowest BCUT2D eigenvalue weighted by Gasteiger charge is -2.21. The van der Waals surface area contributed by atoms with Crippen molar-refractivity contribution in [3.8, 4) is 0 Å². The van der Waals surface area contributed by atoms with E-state index in [9.17, 15) is 8.42 Å². The number of hydrogen-bond acceptors (Lipinski definition) is 4. The summed E-state index contributed by atoms with van der Waals surface area (Å²) in [4.78, 5) is 7.16. The third kappa shape index (κ3) is 9.07. The smallest absolute Gasteiger partial charge is 0.211 e. The standard InChI is InChI=1S/C21H37N5O2S.HI/c1-5-22-21(23-13-10-14-26(6-2)29(4,27)28)24-20-15-18(3)25(17-20)16-19-11-8-7-9-12-19;/h7-9,11-12,18,20H,5-6,10,13-17H2,1-4H3,(H2,22,23,24);1H. The molecule has 1 aliphatic heterocycles. The molecule has 0 saturated carbocycles. The summed E-state index contributed by atoms with van der Waals surface area (Å²) in [5, 5.41) is 6.87. The largest absolute Gasteiger partial charge is 0.357 e. The maximum Gasteiger partial charge on any atom is 0.211 e. The molecular formula is C21H38IN5O2S. The fourth-order valence-corrected chi connectivity index (χ4v) is 4.68. The highest BCUT2D eigenvalue weighted by Gasteiger charge is 2.29. The first kappa shape index (κ1) is 27.1. The van der Waals surface area contributed by atoms with Crippen molar-refractivity contribution in [2.24, 2.45) is 4.99 Å². The molecule has 0 aromatic heterocycles. The molecule has 30 heavy (non-hydrogen) atoms. The van der Waals surface area contributed by atoms with Gasteiger partial charge in [0.2, 0.25) is 10.0 Å². The number of benzene rings is 1. The van der Waals surface area contributed by atoms with E-state index in [1.54, 1.807) is 0 Å². The number of likely N-dealkylation sites (tertiary alicyclic amines) is 1. The fraction of sp³-hybridized carbons (Fsp3) is 0.667. The van der Waals surface area contributed by atoms with Crippen LogP contribution in [0.15, 0.2) is 35.3 Å². The molecule has 1 aromatic carbocycles. The van der Waals surface area contributed by atoms with E-state index in [0.717, 1.165) is 32.0 Å². The van der Waals surface area contributed by atoms with Crippen LogP contribution in [-0.4, -0.2) is 74.6 Å². The second kappa shape index (κ2) is 13.5. The summed E-state index contributed by atoms with van der Waals surface area (Å²) >= 11 is 0. The Morgan fingerprint density at radius 3 is 2.57 bits per heavy atom. The predicted octanol–water partition coefficient (Wildman–Crippen LogP) is 2.49. The fourth-order valence-electron chi connectivity index (χ4n) is 3.75. The number of guanidine groups is 1. The van der Waals surface area contributed by atoms with E-state index in [1.165, 1.54) is 16.1 Å². The molecule has 1 fully saturated rings. The zero-order chi connectivity index (χ0) is 21.3. The lowest BCUT2D eigenvalue weighted by atomic mass is 10.2. The van der Waals surface area contributed by atoms with Crippen LogP contribution in [0.25, 0.3) is 0 Å². The van der Waals surface area contributed by atoms with Crippen molar-refractivity contribution < 1.29 is 8.42 Å². The number of nitrogens with one attached hydrogen (secondary N) is 2. The molecule has 7 nitrogen and oxygen atoms in total. The van der Waals surface area contributed by atoms with E-state index >= 15 is 0 Å². The van der Waals surface area contributed by atoms with Gasteiger partial charge in [-0.15, -0.1) is 24.0 Å². The molecule has 1 aromatic rings. The molecule has 172 valence electrons. The van der Waals surface area contributed by atoms with Gasteiger partial charge in [-0.05, 0) is 32.3 Å². The summed E-state index contributed by atoms with van der Waals surface area (Å²) in [5.74, 6) is 0.814. The zero-order valence-corrected chi connectivity index (χ0v) is 21.8. The summed E-state index contributed by atoms with van der Waals surface area (Å²) < 4.78 is 24.8. The predicted molar refractivity (Wildman–Crippen MR) is 136 cm³/mol. The Morgan fingerprint density at radius 2 is 1.97 bits per heavy atom. The third-order valence-electron chi connectivity index (χ3n) is 5.27. The van der Waals surface area contributed by atoms with Crippen LogP contribution in [0.5, 0.6) is 0 Å². The van der Waals surface area contributed by atoms with Gasteiger partial charge in [0.05, 0.1) is 6.26 Å². The average Bonchev–Trinajstić information content (AvgIpc) is 3.00. The Balaban J connectivity index is 0.00000450. The maximum absolute atomic E-state index is 11.7. The molecule has 2 atom stereocenters. The van der Waals surface area contributed by atoms with Gasteiger partial charge < -0.3 is 10.6 Å². The minimum Gasteiger partial charge on any atom is -0.357 e. The van der Waals surface area contributed by atoms with Crippen LogP contribution in [0.1, 0.15) is 39.2 Å². The van der Waals surface area contributed by atoms with Gasteiger partial charge in [-0.25, -0.2) is 12.7 Å². The Bertz CT molecular complexity index is 745. The number of halogens is 1. The van der Waals surface area contributed by atoms with Crippen LogP contribution in [0.4, 0.5) is 0 Å². The molecular weight excluding hydrogens is 513 g/mol. The van der Waals surface area contributed by atoms with Crippen molar-refractivity contribution in [2.75, 3.05) is 39.0 Å². The molecule has 1 aliphatic rings. The van der Waals surface area contributed by atoms with Crippen LogP contribution in [0.2, 0.25) is 0 Å². The second-order valence-corrected chi connectivity index (χ2v) is 9.69. The minimum atomic E-state index is -3.13. The van der Waals surface area contributed by atoms with E-state index in [4.69, 9.17) is 0 Å². The van der Waals surface area contributed by atoms with Gasteiger partial charge in [0.25, 0.3) is 0 Å². The van der Waals surface area contributed by atoms with Crippen LogP contribution < -0.4 is 10.6 Å². The first-order valence-corrected chi connectivity index (χ1v) is 12.5. The molecule has 2 N–H and O–H groups in total. The third-order valence-corrected chi connectivity index (χ3v) is 6.65. The quantitative estimate of drug-likeness (QED) is 0.202. The Kier molecular flexibility index (Phi) is 12.2. The van der Waals surface area contributed by atoms with E-state index < -0.39 is 10.0 Å². The number of sulfonamides is 1. The highest BCUT2D eigenvalue weighted by Crippen LogP contribution is 2.20. The van der Waals surface area contributed by atoms with Gasteiger partial charge >= 0.3 is 0 Å². The highest BCUT2D eigenvalue weighted by atomic mass is 127. The highest BCUT2D eigenvalue weighted by molar-refractivity contribution is 14.0. The summed E-state index contributed by atoms with van der Waals surface area (Å²) in [5.41, 5.74) is 1.34.